The zero-order valence-electron chi connectivity index (χ0n) is 20.0. The van der Waals surface area contributed by atoms with Gasteiger partial charge in [-0.1, -0.05) is 33.2 Å². The summed E-state index contributed by atoms with van der Waals surface area (Å²) in [6.07, 6.45) is 0.465. The third kappa shape index (κ3) is 6.12. The predicted molar refractivity (Wildman–Crippen MR) is 135 cm³/mol. The Hall–Kier alpha value is -2.80. The highest BCUT2D eigenvalue weighted by atomic mass is 79.9. The Kier molecular flexibility index (Phi) is 8.39. The molecule has 36 heavy (non-hydrogen) atoms. The Balaban J connectivity index is 1.40. The number of hydrogen-bond donors (Lipinski definition) is 0. The fourth-order valence-electron chi connectivity index (χ4n) is 3.83. The second-order valence-corrected chi connectivity index (χ2v) is 11.1. The van der Waals surface area contributed by atoms with E-state index < -0.39 is 10.0 Å². The number of methoxy groups -OCH3 is 1. The van der Waals surface area contributed by atoms with E-state index in [1.54, 1.807) is 19.2 Å². The van der Waals surface area contributed by atoms with Crippen molar-refractivity contribution in [1.82, 2.24) is 19.3 Å². The zero-order chi connectivity index (χ0) is 25.7. The molecule has 0 N–H and O–H groups in total. The number of ether oxygens (including phenoxy) is 2. The number of halogens is 1. The van der Waals surface area contributed by atoms with Crippen molar-refractivity contribution in [2.24, 2.45) is 0 Å². The molecule has 1 aliphatic heterocycles. The van der Waals surface area contributed by atoms with Gasteiger partial charge in [-0.15, -0.1) is 0 Å². The molecule has 2 aromatic carbocycles. The lowest BCUT2D eigenvalue weighted by Gasteiger charge is -2.26. The summed E-state index contributed by atoms with van der Waals surface area (Å²) in [7, 11) is -0.487. The summed E-state index contributed by atoms with van der Waals surface area (Å²) in [5.74, 6) is 1.13. The lowest BCUT2D eigenvalue weighted by Crippen LogP contribution is -2.40. The van der Waals surface area contributed by atoms with E-state index in [0.29, 0.717) is 55.8 Å². The first-order valence-corrected chi connectivity index (χ1v) is 13.6. The maximum atomic E-state index is 13.0. The summed E-state index contributed by atoms with van der Waals surface area (Å²) in [6, 6.07) is 12.3. The van der Waals surface area contributed by atoms with Crippen molar-refractivity contribution in [2.75, 3.05) is 40.5 Å². The molecule has 0 bridgehead atoms. The summed E-state index contributed by atoms with van der Waals surface area (Å²) < 4.78 is 44.4. The number of benzene rings is 2. The van der Waals surface area contributed by atoms with E-state index in [0.717, 1.165) is 10.0 Å². The number of hydrogen-bond acceptors (Lipinski definition) is 8. The van der Waals surface area contributed by atoms with Crippen molar-refractivity contribution in [2.45, 2.75) is 24.3 Å². The van der Waals surface area contributed by atoms with E-state index in [1.807, 2.05) is 24.3 Å². The van der Waals surface area contributed by atoms with E-state index in [2.05, 4.69) is 26.1 Å². The van der Waals surface area contributed by atoms with Gasteiger partial charge in [-0.3, -0.25) is 4.79 Å². The van der Waals surface area contributed by atoms with Crippen LogP contribution in [0.1, 0.15) is 17.9 Å². The van der Waals surface area contributed by atoms with Gasteiger partial charge in [0.1, 0.15) is 5.75 Å². The van der Waals surface area contributed by atoms with Gasteiger partial charge in [0.25, 0.3) is 0 Å². The monoisotopic (exact) mass is 578 g/mol. The first-order valence-electron chi connectivity index (χ1n) is 11.3. The summed E-state index contributed by atoms with van der Waals surface area (Å²) in [5, 5.41) is 4.00. The molecular formula is C24H27BrN4O6S. The Morgan fingerprint density at radius 3 is 2.69 bits per heavy atom. The first kappa shape index (κ1) is 26.3. The molecule has 0 unspecified atom stereocenters. The molecule has 10 nitrogen and oxygen atoms in total. The molecular weight excluding hydrogens is 552 g/mol. The lowest BCUT2D eigenvalue weighted by atomic mass is 10.1. The van der Waals surface area contributed by atoms with Gasteiger partial charge in [-0.05, 0) is 42.3 Å². The molecule has 0 spiro atoms. The zero-order valence-corrected chi connectivity index (χ0v) is 22.4. The van der Waals surface area contributed by atoms with Crippen LogP contribution in [0.25, 0.3) is 11.4 Å². The molecule has 1 aromatic heterocycles. The highest BCUT2D eigenvalue weighted by molar-refractivity contribution is 9.10. The smallest absolute Gasteiger partial charge is 0.246 e. The van der Waals surface area contributed by atoms with Crippen molar-refractivity contribution in [1.29, 1.82) is 0 Å². The van der Waals surface area contributed by atoms with Gasteiger partial charge >= 0.3 is 0 Å². The maximum Gasteiger partial charge on any atom is 0.246 e. The highest BCUT2D eigenvalue weighted by Gasteiger charge is 2.27. The summed E-state index contributed by atoms with van der Waals surface area (Å²) in [4.78, 5) is 18.9. The van der Waals surface area contributed by atoms with E-state index >= 15 is 0 Å². The quantitative estimate of drug-likeness (QED) is 0.380. The van der Waals surface area contributed by atoms with Crippen LogP contribution < -0.4 is 4.74 Å². The van der Waals surface area contributed by atoms with Crippen molar-refractivity contribution in [3.8, 4) is 17.1 Å². The van der Waals surface area contributed by atoms with Crippen LogP contribution >= 0.6 is 15.9 Å². The average molecular weight is 579 g/mol. The van der Waals surface area contributed by atoms with Crippen molar-refractivity contribution in [3.05, 3.63) is 58.4 Å². The van der Waals surface area contributed by atoms with Gasteiger partial charge in [-0.2, -0.15) is 9.29 Å². The van der Waals surface area contributed by atoms with Crippen LogP contribution in [0.5, 0.6) is 5.75 Å². The van der Waals surface area contributed by atoms with Gasteiger partial charge in [0.15, 0.2) is 0 Å². The molecule has 1 saturated heterocycles. The summed E-state index contributed by atoms with van der Waals surface area (Å²) in [5.41, 5.74) is 1.44. The van der Waals surface area contributed by atoms with E-state index in [-0.39, 0.29) is 23.8 Å². The number of aryl methyl sites for hydroxylation is 1. The number of aromatic nitrogens is 2. The lowest BCUT2D eigenvalue weighted by molar-refractivity contribution is -0.130. The Morgan fingerprint density at radius 1 is 1.19 bits per heavy atom. The SMILES string of the molecule is COc1ccc(S(=O)(=O)N2CCOCC2)cc1CCC(=O)N(C)Cc1nc(-c2cccc(Br)c2)no1. The normalized spacial score (nSPS) is 14.5. The molecule has 3 aromatic rings. The Labute approximate surface area is 218 Å². The molecule has 192 valence electrons. The minimum Gasteiger partial charge on any atom is -0.496 e. The molecule has 12 heteroatoms. The Morgan fingerprint density at radius 2 is 1.97 bits per heavy atom. The third-order valence-electron chi connectivity index (χ3n) is 5.82. The van der Waals surface area contributed by atoms with Gasteiger partial charge in [-0.25, -0.2) is 8.42 Å². The molecule has 0 atom stereocenters. The molecule has 2 heterocycles. The number of rotatable bonds is 9. The number of carbonyl (C=O) groups is 1. The van der Waals surface area contributed by atoms with Gasteiger partial charge in [0.2, 0.25) is 27.6 Å². The van der Waals surface area contributed by atoms with Crippen LogP contribution in [-0.4, -0.2) is 74.1 Å². The minimum absolute atomic E-state index is 0.152. The fraction of sp³-hybridized carbons (Fsp3) is 0.375. The Bertz CT molecular complexity index is 1320. The molecule has 0 saturated carbocycles. The molecule has 1 fully saturated rings. The topological polar surface area (TPSA) is 115 Å². The predicted octanol–water partition coefficient (Wildman–Crippen LogP) is 3.12. The standard InChI is InChI=1S/C24H27BrN4O6S/c1-28(16-22-26-24(27-35-22)18-4-3-5-19(25)14-18)23(30)9-6-17-15-20(7-8-21(17)33-2)36(31,32)29-10-12-34-13-11-29/h3-5,7-8,14-15H,6,9-13,16H2,1-2H3. The average Bonchev–Trinajstić information content (AvgIpc) is 3.36. The van der Waals surface area contributed by atoms with Crippen LogP contribution in [0.15, 0.2) is 56.4 Å². The van der Waals surface area contributed by atoms with Crippen LogP contribution in [0.2, 0.25) is 0 Å². The van der Waals surface area contributed by atoms with Gasteiger partial charge < -0.3 is 18.9 Å². The van der Waals surface area contributed by atoms with E-state index in [4.69, 9.17) is 14.0 Å². The highest BCUT2D eigenvalue weighted by Crippen LogP contribution is 2.26. The van der Waals surface area contributed by atoms with Crippen molar-refractivity contribution >= 4 is 31.9 Å². The van der Waals surface area contributed by atoms with Crippen LogP contribution in [-0.2, 0) is 32.5 Å². The number of nitrogens with zero attached hydrogens (tertiary/aromatic N) is 4. The summed E-state index contributed by atoms with van der Waals surface area (Å²) in [6.45, 7) is 1.52. The minimum atomic E-state index is -3.66. The number of morpholine rings is 1. The summed E-state index contributed by atoms with van der Waals surface area (Å²) >= 11 is 3.42. The molecule has 0 radical (unpaired) electrons. The fourth-order valence-corrected chi connectivity index (χ4v) is 5.69. The van der Waals surface area contributed by atoms with Crippen molar-refractivity contribution in [3.63, 3.8) is 0 Å². The number of carbonyl (C=O) groups excluding carboxylic acids is 1. The largest absolute Gasteiger partial charge is 0.496 e. The first-order chi connectivity index (χ1) is 17.3. The molecule has 4 rings (SSSR count). The van der Waals surface area contributed by atoms with Crippen LogP contribution in [0, 0.1) is 0 Å². The number of amides is 1. The molecule has 1 aliphatic rings. The second kappa shape index (κ2) is 11.5. The molecule has 0 aliphatic carbocycles. The van der Waals surface area contributed by atoms with Crippen LogP contribution in [0.3, 0.4) is 0 Å². The second-order valence-electron chi connectivity index (χ2n) is 8.26. The van der Waals surface area contributed by atoms with Crippen molar-refractivity contribution < 1.29 is 27.2 Å². The third-order valence-corrected chi connectivity index (χ3v) is 8.20. The molecule has 1 amide bonds. The van der Waals surface area contributed by atoms with Crippen LogP contribution in [0.4, 0.5) is 0 Å². The van der Waals surface area contributed by atoms with E-state index in [1.165, 1.54) is 22.4 Å². The maximum absolute atomic E-state index is 13.0. The van der Waals surface area contributed by atoms with Gasteiger partial charge in [0.05, 0.1) is 31.8 Å². The number of sulfonamides is 1. The van der Waals surface area contributed by atoms with Gasteiger partial charge in [0, 0.05) is 36.6 Å². The van der Waals surface area contributed by atoms with E-state index in [9.17, 15) is 13.2 Å².